The summed E-state index contributed by atoms with van der Waals surface area (Å²) in [5.41, 5.74) is 0. The zero-order valence-electron chi connectivity index (χ0n) is 6.42. The van der Waals surface area contributed by atoms with Crippen molar-refractivity contribution in [2.24, 2.45) is 0 Å². The summed E-state index contributed by atoms with van der Waals surface area (Å²) >= 11 is 1.92. The van der Waals surface area contributed by atoms with Crippen molar-refractivity contribution in [3.05, 3.63) is 0 Å². The third kappa shape index (κ3) is 6.19. The quantitative estimate of drug-likeness (QED) is 0.657. The SMILES string of the molecule is CC(C)SC(C)CCO. The maximum atomic E-state index is 8.54. The molecule has 0 bridgehead atoms. The van der Waals surface area contributed by atoms with Gasteiger partial charge in [0.15, 0.2) is 0 Å². The fourth-order valence-electron chi connectivity index (χ4n) is 0.714. The van der Waals surface area contributed by atoms with E-state index in [9.17, 15) is 0 Å². The maximum Gasteiger partial charge on any atom is 0.0441 e. The van der Waals surface area contributed by atoms with Crippen molar-refractivity contribution in [3.63, 3.8) is 0 Å². The van der Waals surface area contributed by atoms with E-state index in [1.807, 2.05) is 11.8 Å². The number of rotatable bonds is 4. The van der Waals surface area contributed by atoms with Gasteiger partial charge in [0.1, 0.15) is 0 Å². The molecule has 0 amide bonds. The summed E-state index contributed by atoms with van der Waals surface area (Å²) in [4.78, 5) is 0. The highest BCUT2D eigenvalue weighted by Gasteiger charge is 2.02. The van der Waals surface area contributed by atoms with Crippen LogP contribution in [0.15, 0.2) is 0 Å². The zero-order chi connectivity index (χ0) is 7.28. The molecule has 0 heterocycles. The summed E-state index contributed by atoms with van der Waals surface area (Å²) in [6, 6.07) is 0. The Morgan fingerprint density at radius 1 is 1.33 bits per heavy atom. The summed E-state index contributed by atoms with van der Waals surface area (Å²) in [6.07, 6.45) is 0.919. The average Bonchev–Trinajstić information content (AvgIpc) is 1.63. The molecule has 0 aromatic carbocycles. The van der Waals surface area contributed by atoms with E-state index in [2.05, 4.69) is 20.8 Å². The minimum Gasteiger partial charge on any atom is -0.396 e. The highest BCUT2D eigenvalue weighted by molar-refractivity contribution is 8.00. The minimum absolute atomic E-state index is 0.320. The predicted octanol–water partition coefficient (Wildman–Crippen LogP) is 1.90. The van der Waals surface area contributed by atoms with Crippen LogP contribution in [0.2, 0.25) is 0 Å². The van der Waals surface area contributed by atoms with Gasteiger partial charge in [-0.3, -0.25) is 0 Å². The molecule has 0 fully saturated rings. The molecule has 0 aliphatic heterocycles. The summed E-state index contributed by atoms with van der Waals surface area (Å²) in [5, 5.41) is 9.83. The molecule has 56 valence electrons. The third-order valence-electron chi connectivity index (χ3n) is 1.04. The smallest absolute Gasteiger partial charge is 0.0441 e. The van der Waals surface area contributed by atoms with Gasteiger partial charge in [-0.05, 0) is 11.7 Å². The molecule has 9 heavy (non-hydrogen) atoms. The molecule has 0 aliphatic carbocycles. The Kier molecular flexibility index (Phi) is 5.30. The molecule has 1 nitrogen and oxygen atoms in total. The first-order valence-corrected chi connectivity index (χ1v) is 4.37. The van der Waals surface area contributed by atoms with Gasteiger partial charge >= 0.3 is 0 Å². The molecule has 0 saturated heterocycles. The molecule has 0 aliphatic rings. The molecule has 1 atom stereocenters. The summed E-state index contributed by atoms with van der Waals surface area (Å²) in [5.74, 6) is 0. The lowest BCUT2D eigenvalue weighted by atomic mass is 10.3. The zero-order valence-corrected chi connectivity index (χ0v) is 7.24. The molecule has 2 heteroatoms. The lowest BCUT2D eigenvalue weighted by Gasteiger charge is -2.11. The van der Waals surface area contributed by atoms with Crippen LogP contribution in [0, 0.1) is 0 Å². The van der Waals surface area contributed by atoms with Gasteiger partial charge in [0, 0.05) is 11.9 Å². The number of hydrogen-bond acceptors (Lipinski definition) is 2. The van der Waals surface area contributed by atoms with Crippen LogP contribution in [-0.2, 0) is 0 Å². The largest absolute Gasteiger partial charge is 0.396 e. The van der Waals surface area contributed by atoms with Crippen molar-refractivity contribution in [2.75, 3.05) is 6.61 Å². The van der Waals surface area contributed by atoms with Gasteiger partial charge in [-0.15, -0.1) is 0 Å². The van der Waals surface area contributed by atoms with Crippen molar-refractivity contribution in [2.45, 2.75) is 37.7 Å². The first-order chi connectivity index (χ1) is 4.16. The van der Waals surface area contributed by atoms with Gasteiger partial charge in [-0.2, -0.15) is 11.8 Å². The molecule has 0 spiro atoms. The van der Waals surface area contributed by atoms with Gasteiger partial charge in [0.2, 0.25) is 0 Å². The molecule has 0 rings (SSSR count). The Labute approximate surface area is 61.8 Å². The van der Waals surface area contributed by atoms with Crippen molar-refractivity contribution in [1.29, 1.82) is 0 Å². The van der Waals surface area contributed by atoms with Crippen molar-refractivity contribution in [1.82, 2.24) is 0 Å². The van der Waals surface area contributed by atoms with Gasteiger partial charge in [0.05, 0.1) is 0 Å². The summed E-state index contributed by atoms with van der Waals surface area (Å²) in [7, 11) is 0. The first kappa shape index (κ1) is 9.31. The molecule has 0 radical (unpaired) electrons. The van der Waals surface area contributed by atoms with Gasteiger partial charge in [0.25, 0.3) is 0 Å². The first-order valence-electron chi connectivity index (χ1n) is 3.43. The minimum atomic E-state index is 0.320. The third-order valence-corrected chi connectivity index (χ3v) is 2.28. The van der Waals surface area contributed by atoms with E-state index in [1.165, 1.54) is 0 Å². The van der Waals surface area contributed by atoms with Crippen molar-refractivity contribution >= 4 is 11.8 Å². The lowest BCUT2D eigenvalue weighted by molar-refractivity contribution is 0.289. The van der Waals surface area contributed by atoms with Crippen LogP contribution in [-0.4, -0.2) is 22.2 Å². The van der Waals surface area contributed by atoms with Crippen molar-refractivity contribution in [3.8, 4) is 0 Å². The van der Waals surface area contributed by atoms with E-state index in [1.54, 1.807) is 0 Å². The van der Waals surface area contributed by atoms with Crippen LogP contribution in [0.5, 0.6) is 0 Å². The Bertz CT molecular complexity index is 63.9. The second-order valence-corrected chi connectivity index (χ2v) is 4.53. The number of aliphatic hydroxyl groups is 1. The Hall–Kier alpha value is 0.310. The standard InChI is InChI=1S/C7H16OS/c1-6(2)9-7(3)4-5-8/h6-8H,4-5H2,1-3H3. The van der Waals surface area contributed by atoms with Gasteiger partial charge in [-0.1, -0.05) is 20.8 Å². The number of hydrogen-bond donors (Lipinski definition) is 1. The number of thioether (sulfide) groups is 1. The van der Waals surface area contributed by atoms with E-state index in [0.717, 1.165) is 6.42 Å². The summed E-state index contributed by atoms with van der Waals surface area (Å²) in [6.45, 7) is 6.83. The van der Waals surface area contributed by atoms with E-state index in [4.69, 9.17) is 5.11 Å². The summed E-state index contributed by atoms with van der Waals surface area (Å²) < 4.78 is 0. The molecule has 1 unspecified atom stereocenters. The second-order valence-electron chi connectivity index (χ2n) is 2.51. The van der Waals surface area contributed by atoms with E-state index < -0.39 is 0 Å². The molecule has 0 aromatic heterocycles. The molecule has 1 N–H and O–H groups in total. The van der Waals surface area contributed by atoms with E-state index in [-0.39, 0.29) is 0 Å². The predicted molar refractivity (Wildman–Crippen MR) is 43.9 cm³/mol. The second kappa shape index (κ2) is 5.12. The van der Waals surface area contributed by atoms with Crippen molar-refractivity contribution < 1.29 is 5.11 Å². The van der Waals surface area contributed by atoms with Crippen LogP contribution >= 0.6 is 11.8 Å². The van der Waals surface area contributed by atoms with E-state index in [0.29, 0.717) is 17.1 Å². The van der Waals surface area contributed by atoms with Crippen LogP contribution in [0.25, 0.3) is 0 Å². The average molecular weight is 148 g/mol. The molecule has 0 aromatic rings. The molecular weight excluding hydrogens is 132 g/mol. The van der Waals surface area contributed by atoms with Gasteiger partial charge < -0.3 is 5.11 Å². The van der Waals surface area contributed by atoms with Crippen LogP contribution in [0.1, 0.15) is 27.2 Å². The van der Waals surface area contributed by atoms with Crippen LogP contribution < -0.4 is 0 Å². The maximum absolute atomic E-state index is 8.54. The Morgan fingerprint density at radius 3 is 2.22 bits per heavy atom. The normalized spacial score (nSPS) is 14.3. The van der Waals surface area contributed by atoms with Crippen LogP contribution in [0.4, 0.5) is 0 Å². The topological polar surface area (TPSA) is 20.2 Å². The highest BCUT2D eigenvalue weighted by atomic mass is 32.2. The molecular formula is C7H16OS. The lowest BCUT2D eigenvalue weighted by Crippen LogP contribution is -2.03. The Morgan fingerprint density at radius 2 is 1.89 bits per heavy atom. The fraction of sp³-hybridized carbons (Fsp3) is 1.00. The Balaban J connectivity index is 3.15. The monoisotopic (exact) mass is 148 g/mol. The fourth-order valence-corrected chi connectivity index (χ4v) is 1.89. The number of aliphatic hydroxyl groups excluding tert-OH is 1. The molecule has 0 saturated carbocycles. The van der Waals surface area contributed by atoms with E-state index >= 15 is 0 Å². The highest BCUT2D eigenvalue weighted by Crippen LogP contribution is 2.18. The van der Waals surface area contributed by atoms with Crippen LogP contribution in [0.3, 0.4) is 0 Å². The van der Waals surface area contributed by atoms with Gasteiger partial charge in [-0.25, -0.2) is 0 Å².